The number of pyridine rings is 1. The van der Waals surface area contributed by atoms with E-state index in [0.717, 1.165) is 35.9 Å². The standard InChI is InChI=1S/C30H31N9O5S/c1-43-23-9-5-16(12-24(23)44-2)22-8-4-17(13-32-22)21-14-35-39-27(31)26(45(3,41)42)25(36-29(21)39)18-10-19-6-7-20(11-18)38(19)30(40)28-33-15-34-37-28/h4-5,8-9,12-15,18-20H,6-7,10-11,31H2,1-3H3,(H,33,34,37)/t18-,19+,20-. The largest absolute Gasteiger partial charge is 0.493 e. The Kier molecular flexibility index (Phi) is 6.91. The van der Waals surface area contributed by atoms with Crippen LogP contribution in [0.25, 0.3) is 28.0 Å². The molecule has 1 amide bonds. The van der Waals surface area contributed by atoms with Gasteiger partial charge in [-0.05, 0) is 49.9 Å². The number of nitrogens with one attached hydrogen (secondary N) is 1. The second-order valence-electron chi connectivity index (χ2n) is 11.4. The molecule has 45 heavy (non-hydrogen) atoms. The van der Waals surface area contributed by atoms with Crippen LogP contribution in [0.4, 0.5) is 5.82 Å². The number of carbonyl (C=O) groups is 1. The minimum atomic E-state index is -3.77. The van der Waals surface area contributed by atoms with Crippen molar-refractivity contribution in [3.8, 4) is 33.9 Å². The maximum absolute atomic E-state index is 13.2. The van der Waals surface area contributed by atoms with Gasteiger partial charge in [0.15, 0.2) is 27.0 Å². The number of fused-ring (bicyclic) bond motifs is 3. The van der Waals surface area contributed by atoms with Crippen LogP contribution in [-0.2, 0) is 9.84 Å². The molecule has 0 unspecified atom stereocenters. The summed E-state index contributed by atoms with van der Waals surface area (Å²) in [6.07, 6.45) is 8.56. The Labute approximate surface area is 258 Å². The van der Waals surface area contributed by atoms with Crippen molar-refractivity contribution in [2.75, 3.05) is 26.2 Å². The Bertz CT molecular complexity index is 2010. The summed E-state index contributed by atoms with van der Waals surface area (Å²) in [4.78, 5) is 27.4. The number of carbonyl (C=O) groups excluding carboxylic acids is 1. The molecular formula is C30H31N9O5S. The molecule has 2 bridgehead atoms. The number of sulfone groups is 1. The van der Waals surface area contributed by atoms with E-state index in [1.807, 2.05) is 35.2 Å². The van der Waals surface area contributed by atoms with Crippen molar-refractivity contribution in [2.45, 2.75) is 48.6 Å². The number of nitrogens with zero attached hydrogens (tertiary/aromatic N) is 7. The third-order valence-electron chi connectivity index (χ3n) is 8.76. The van der Waals surface area contributed by atoms with Crippen LogP contribution in [0.15, 0.2) is 53.9 Å². The van der Waals surface area contributed by atoms with Crippen LogP contribution in [0.3, 0.4) is 0 Å². The summed E-state index contributed by atoms with van der Waals surface area (Å²) in [5, 5.41) is 12.1. The number of methoxy groups -OCH3 is 2. The van der Waals surface area contributed by atoms with Crippen LogP contribution in [0.5, 0.6) is 11.5 Å². The predicted octanol–water partition coefficient (Wildman–Crippen LogP) is 3.13. The van der Waals surface area contributed by atoms with Gasteiger partial charge in [0.25, 0.3) is 5.91 Å². The molecule has 7 rings (SSSR count). The van der Waals surface area contributed by atoms with E-state index in [1.54, 1.807) is 26.6 Å². The minimum Gasteiger partial charge on any atom is -0.493 e. The smallest absolute Gasteiger partial charge is 0.292 e. The monoisotopic (exact) mass is 629 g/mol. The van der Waals surface area contributed by atoms with Crippen molar-refractivity contribution in [3.63, 3.8) is 0 Å². The number of hydrogen-bond acceptors (Lipinski definition) is 11. The van der Waals surface area contributed by atoms with Gasteiger partial charge in [0, 0.05) is 47.1 Å². The topological polar surface area (TPSA) is 184 Å². The zero-order valence-corrected chi connectivity index (χ0v) is 25.7. The summed E-state index contributed by atoms with van der Waals surface area (Å²) >= 11 is 0. The number of anilines is 1. The number of nitrogens with two attached hydrogens (primary N) is 1. The molecule has 14 nitrogen and oxygen atoms in total. The summed E-state index contributed by atoms with van der Waals surface area (Å²) in [5.41, 5.74) is 10.4. The Balaban J connectivity index is 1.26. The molecule has 3 N–H and O–H groups in total. The molecule has 15 heteroatoms. The fourth-order valence-corrected chi connectivity index (χ4v) is 7.82. The number of hydrogen-bond donors (Lipinski definition) is 2. The summed E-state index contributed by atoms with van der Waals surface area (Å²) < 4.78 is 38.4. The number of aromatic nitrogens is 7. The van der Waals surface area contributed by atoms with Gasteiger partial charge in [0.05, 0.1) is 31.8 Å². The maximum atomic E-state index is 13.2. The Morgan fingerprint density at radius 2 is 1.76 bits per heavy atom. The van der Waals surface area contributed by atoms with Crippen LogP contribution in [-0.4, -0.2) is 86.5 Å². The lowest BCUT2D eigenvalue weighted by atomic mass is 9.87. The Morgan fingerprint density at radius 1 is 1.02 bits per heavy atom. The summed E-state index contributed by atoms with van der Waals surface area (Å²) in [6.45, 7) is 0. The summed E-state index contributed by atoms with van der Waals surface area (Å²) in [7, 11) is -0.606. The van der Waals surface area contributed by atoms with Crippen molar-refractivity contribution in [2.24, 2.45) is 0 Å². The van der Waals surface area contributed by atoms with Crippen LogP contribution in [0.2, 0.25) is 0 Å². The lowest BCUT2D eigenvalue weighted by Crippen LogP contribution is -2.46. The average molecular weight is 630 g/mol. The van der Waals surface area contributed by atoms with Crippen molar-refractivity contribution in [1.29, 1.82) is 0 Å². The molecule has 232 valence electrons. The van der Waals surface area contributed by atoms with Crippen molar-refractivity contribution in [3.05, 3.63) is 60.6 Å². The number of H-pyrrole nitrogens is 1. The maximum Gasteiger partial charge on any atom is 0.292 e. The molecule has 2 aliphatic rings. The van der Waals surface area contributed by atoms with Crippen LogP contribution in [0, 0.1) is 0 Å². The van der Waals surface area contributed by atoms with Crippen LogP contribution >= 0.6 is 0 Å². The van der Waals surface area contributed by atoms with E-state index in [0.29, 0.717) is 41.2 Å². The van der Waals surface area contributed by atoms with Gasteiger partial charge in [-0.2, -0.15) is 9.61 Å². The lowest BCUT2D eigenvalue weighted by Gasteiger charge is -2.38. The Morgan fingerprint density at radius 3 is 2.38 bits per heavy atom. The molecule has 0 saturated carbocycles. The highest BCUT2D eigenvalue weighted by molar-refractivity contribution is 7.91. The first kappa shape index (κ1) is 28.7. The van der Waals surface area contributed by atoms with E-state index in [4.69, 9.17) is 20.2 Å². The van der Waals surface area contributed by atoms with Crippen molar-refractivity contribution in [1.82, 2.24) is 39.7 Å². The van der Waals surface area contributed by atoms with Gasteiger partial charge >= 0.3 is 0 Å². The first-order chi connectivity index (χ1) is 21.7. The zero-order valence-electron chi connectivity index (χ0n) is 24.8. The predicted molar refractivity (Wildman–Crippen MR) is 164 cm³/mol. The molecule has 2 aliphatic heterocycles. The third kappa shape index (κ3) is 4.83. The molecule has 6 heterocycles. The molecular weight excluding hydrogens is 598 g/mol. The second-order valence-corrected chi connectivity index (χ2v) is 13.3. The quantitative estimate of drug-likeness (QED) is 0.270. The van der Waals surface area contributed by atoms with Crippen LogP contribution in [0.1, 0.15) is 47.9 Å². The molecule has 1 aromatic carbocycles. The van der Waals surface area contributed by atoms with E-state index < -0.39 is 9.84 Å². The first-order valence-corrected chi connectivity index (χ1v) is 16.3. The number of aromatic amines is 1. The highest BCUT2D eigenvalue weighted by Gasteiger charge is 2.46. The molecule has 2 fully saturated rings. The highest BCUT2D eigenvalue weighted by Crippen LogP contribution is 2.45. The second kappa shape index (κ2) is 10.8. The molecule has 3 atom stereocenters. The van der Waals surface area contributed by atoms with Gasteiger partial charge < -0.3 is 25.1 Å². The normalized spacial score (nSPS) is 19.6. The fraction of sp³-hybridized carbons (Fsp3) is 0.333. The number of piperidine rings is 1. The van der Waals surface area contributed by atoms with E-state index in [-0.39, 0.29) is 40.4 Å². The number of amides is 1. The third-order valence-corrected chi connectivity index (χ3v) is 9.92. The van der Waals surface area contributed by atoms with E-state index >= 15 is 0 Å². The fourth-order valence-electron chi connectivity index (χ4n) is 6.76. The lowest BCUT2D eigenvalue weighted by molar-refractivity contribution is 0.0556. The van der Waals surface area contributed by atoms with Crippen molar-refractivity contribution < 1.29 is 22.7 Å². The number of benzene rings is 1. The molecule has 5 aromatic rings. The zero-order chi connectivity index (χ0) is 31.5. The molecule has 0 spiro atoms. The van der Waals surface area contributed by atoms with Gasteiger partial charge in [-0.3, -0.25) is 9.78 Å². The minimum absolute atomic E-state index is 0.00571. The Hall–Kier alpha value is -5.05. The van der Waals surface area contributed by atoms with Crippen molar-refractivity contribution >= 4 is 27.2 Å². The SMILES string of the molecule is COc1ccc(-c2ccc(-c3cnn4c(N)c(S(C)(=O)=O)c([C@H]5C[C@H]6CC[C@@H](C5)N6C(=O)c5nnc[nH]5)nc34)cn2)cc1OC. The average Bonchev–Trinajstić information content (AvgIpc) is 3.78. The summed E-state index contributed by atoms with van der Waals surface area (Å²) in [5.74, 6) is 0.987. The first-order valence-electron chi connectivity index (χ1n) is 14.4. The van der Waals surface area contributed by atoms with Gasteiger partial charge in [-0.25, -0.2) is 13.4 Å². The number of nitrogen functional groups attached to an aromatic ring is 1. The van der Waals surface area contributed by atoms with Gasteiger partial charge in [0.2, 0.25) is 5.82 Å². The van der Waals surface area contributed by atoms with E-state index in [2.05, 4.69) is 25.3 Å². The van der Waals surface area contributed by atoms with E-state index in [1.165, 1.54) is 10.8 Å². The molecule has 0 radical (unpaired) electrons. The van der Waals surface area contributed by atoms with Gasteiger partial charge in [-0.1, -0.05) is 6.07 Å². The number of rotatable bonds is 7. The highest BCUT2D eigenvalue weighted by atomic mass is 32.2. The van der Waals surface area contributed by atoms with Gasteiger partial charge in [-0.15, -0.1) is 10.2 Å². The summed E-state index contributed by atoms with van der Waals surface area (Å²) in [6, 6.07) is 9.20. The molecule has 4 aromatic heterocycles. The number of ether oxygens (including phenoxy) is 2. The van der Waals surface area contributed by atoms with E-state index in [9.17, 15) is 13.2 Å². The molecule has 0 aliphatic carbocycles. The van der Waals surface area contributed by atoms with Crippen LogP contribution < -0.4 is 15.2 Å². The van der Waals surface area contributed by atoms with Gasteiger partial charge in [0.1, 0.15) is 17.0 Å². The molecule has 2 saturated heterocycles.